The average Bonchev–Trinajstić information content (AvgIpc) is 2.39. The number of rotatable bonds is 2. The first-order chi connectivity index (χ1) is 9.38. The normalized spacial score (nSPS) is 10.4. The zero-order valence-corrected chi connectivity index (χ0v) is 12.0. The molecular weight excluding hydrogens is 331 g/mol. The van der Waals surface area contributed by atoms with Crippen molar-refractivity contribution < 1.29 is 13.6 Å². The third-order valence-electron chi connectivity index (χ3n) is 2.44. The van der Waals surface area contributed by atoms with E-state index in [4.69, 9.17) is 34.8 Å². The highest BCUT2D eigenvalue weighted by Gasteiger charge is 2.13. The van der Waals surface area contributed by atoms with Gasteiger partial charge in [0.05, 0.1) is 20.8 Å². The fourth-order valence-corrected chi connectivity index (χ4v) is 2.04. The van der Waals surface area contributed by atoms with E-state index in [1.807, 2.05) is 0 Å². The standard InChI is InChI=1S/C13H6Cl3F2NO/c14-7-4-9(16)12(5-8(7)15)19-13(20)6-1-2-10(17)11(18)3-6/h1-5H,(H,19,20). The van der Waals surface area contributed by atoms with E-state index in [1.165, 1.54) is 12.1 Å². The Labute approximate surface area is 128 Å². The summed E-state index contributed by atoms with van der Waals surface area (Å²) >= 11 is 17.5. The molecule has 0 saturated heterocycles. The van der Waals surface area contributed by atoms with Crippen LogP contribution in [0.1, 0.15) is 10.4 Å². The maximum atomic E-state index is 13.1. The van der Waals surface area contributed by atoms with Crippen LogP contribution in [0.4, 0.5) is 14.5 Å². The Kier molecular flexibility index (Phi) is 4.48. The highest BCUT2D eigenvalue weighted by molar-refractivity contribution is 6.44. The van der Waals surface area contributed by atoms with Crippen LogP contribution in [0.15, 0.2) is 30.3 Å². The number of carbonyl (C=O) groups excluding carboxylic acids is 1. The molecule has 1 amide bonds. The topological polar surface area (TPSA) is 29.1 Å². The van der Waals surface area contributed by atoms with Gasteiger partial charge in [0, 0.05) is 5.56 Å². The van der Waals surface area contributed by atoms with Gasteiger partial charge in [-0.25, -0.2) is 8.78 Å². The zero-order valence-electron chi connectivity index (χ0n) is 9.68. The Morgan fingerprint density at radius 3 is 2.20 bits per heavy atom. The summed E-state index contributed by atoms with van der Waals surface area (Å²) in [5.41, 5.74) is 0.168. The second kappa shape index (κ2) is 5.95. The lowest BCUT2D eigenvalue weighted by Crippen LogP contribution is -2.12. The highest BCUT2D eigenvalue weighted by Crippen LogP contribution is 2.32. The minimum atomic E-state index is -1.11. The van der Waals surface area contributed by atoms with Gasteiger partial charge >= 0.3 is 0 Å². The van der Waals surface area contributed by atoms with Gasteiger partial charge in [-0.15, -0.1) is 0 Å². The third kappa shape index (κ3) is 3.20. The summed E-state index contributed by atoms with van der Waals surface area (Å²) in [6.45, 7) is 0. The largest absolute Gasteiger partial charge is 0.321 e. The van der Waals surface area contributed by atoms with Crippen LogP contribution in [-0.4, -0.2) is 5.91 Å². The minimum Gasteiger partial charge on any atom is -0.321 e. The first kappa shape index (κ1) is 15.0. The van der Waals surface area contributed by atoms with E-state index in [0.717, 1.165) is 18.2 Å². The van der Waals surface area contributed by atoms with E-state index >= 15 is 0 Å². The van der Waals surface area contributed by atoms with Crippen LogP contribution in [0.5, 0.6) is 0 Å². The molecule has 0 radical (unpaired) electrons. The molecule has 0 heterocycles. The van der Waals surface area contributed by atoms with Crippen molar-refractivity contribution in [2.45, 2.75) is 0 Å². The molecule has 0 aromatic heterocycles. The van der Waals surface area contributed by atoms with Gasteiger partial charge in [-0.3, -0.25) is 4.79 Å². The predicted molar refractivity (Wildman–Crippen MR) is 75.8 cm³/mol. The van der Waals surface area contributed by atoms with Crippen LogP contribution in [0, 0.1) is 11.6 Å². The smallest absolute Gasteiger partial charge is 0.255 e. The summed E-state index contributed by atoms with van der Waals surface area (Å²) in [5.74, 6) is -2.80. The number of anilines is 1. The summed E-state index contributed by atoms with van der Waals surface area (Å²) < 4.78 is 25.8. The Morgan fingerprint density at radius 1 is 0.900 bits per heavy atom. The lowest BCUT2D eigenvalue weighted by Gasteiger charge is -2.09. The summed E-state index contributed by atoms with van der Waals surface area (Å²) in [7, 11) is 0. The van der Waals surface area contributed by atoms with Crippen LogP contribution in [0.2, 0.25) is 15.1 Å². The molecule has 2 aromatic carbocycles. The average molecular weight is 337 g/mol. The molecule has 0 atom stereocenters. The molecule has 0 aliphatic rings. The van der Waals surface area contributed by atoms with Crippen molar-refractivity contribution in [3.05, 3.63) is 62.6 Å². The molecule has 0 fully saturated rings. The number of benzene rings is 2. The summed E-state index contributed by atoms with van der Waals surface area (Å²) in [6.07, 6.45) is 0. The lowest BCUT2D eigenvalue weighted by molar-refractivity contribution is 0.102. The van der Waals surface area contributed by atoms with Crippen LogP contribution < -0.4 is 5.32 Å². The van der Waals surface area contributed by atoms with Gasteiger partial charge < -0.3 is 5.32 Å². The maximum Gasteiger partial charge on any atom is 0.255 e. The molecule has 0 unspecified atom stereocenters. The number of hydrogen-bond donors (Lipinski definition) is 1. The van der Waals surface area contributed by atoms with Crippen molar-refractivity contribution in [3.8, 4) is 0 Å². The maximum absolute atomic E-state index is 13.1. The first-order valence-corrected chi connectivity index (χ1v) is 6.43. The molecule has 0 saturated carbocycles. The molecule has 2 rings (SSSR count). The molecule has 0 aliphatic heterocycles. The van der Waals surface area contributed by atoms with Crippen molar-refractivity contribution in [2.75, 3.05) is 5.32 Å². The lowest BCUT2D eigenvalue weighted by atomic mass is 10.2. The molecule has 2 nitrogen and oxygen atoms in total. The highest BCUT2D eigenvalue weighted by atomic mass is 35.5. The summed E-state index contributed by atoms with van der Waals surface area (Å²) in [6, 6.07) is 5.53. The van der Waals surface area contributed by atoms with Gasteiger partial charge in [0.1, 0.15) is 0 Å². The van der Waals surface area contributed by atoms with Gasteiger partial charge in [0.15, 0.2) is 11.6 Å². The first-order valence-electron chi connectivity index (χ1n) is 5.29. The van der Waals surface area contributed by atoms with E-state index in [1.54, 1.807) is 0 Å². The molecule has 7 heteroatoms. The number of amides is 1. The van der Waals surface area contributed by atoms with E-state index in [9.17, 15) is 13.6 Å². The number of carbonyl (C=O) groups is 1. The molecule has 20 heavy (non-hydrogen) atoms. The zero-order chi connectivity index (χ0) is 14.9. The van der Waals surface area contributed by atoms with Crippen molar-refractivity contribution in [3.63, 3.8) is 0 Å². The van der Waals surface area contributed by atoms with E-state index in [-0.39, 0.29) is 26.3 Å². The second-order valence-electron chi connectivity index (χ2n) is 3.83. The monoisotopic (exact) mass is 335 g/mol. The van der Waals surface area contributed by atoms with Crippen LogP contribution in [0.3, 0.4) is 0 Å². The van der Waals surface area contributed by atoms with Crippen molar-refractivity contribution in [1.82, 2.24) is 0 Å². The van der Waals surface area contributed by atoms with Gasteiger partial charge in [-0.05, 0) is 30.3 Å². The molecule has 2 aromatic rings. The molecule has 0 aliphatic carbocycles. The fourth-order valence-electron chi connectivity index (χ4n) is 1.45. The molecule has 1 N–H and O–H groups in total. The molecule has 0 spiro atoms. The minimum absolute atomic E-state index is 0.0500. The van der Waals surface area contributed by atoms with Crippen LogP contribution in [0.25, 0.3) is 0 Å². The van der Waals surface area contributed by atoms with E-state index < -0.39 is 17.5 Å². The van der Waals surface area contributed by atoms with Crippen molar-refractivity contribution >= 4 is 46.4 Å². The van der Waals surface area contributed by atoms with Crippen molar-refractivity contribution in [1.29, 1.82) is 0 Å². The van der Waals surface area contributed by atoms with Crippen LogP contribution in [-0.2, 0) is 0 Å². The summed E-state index contributed by atoms with van der Waals surface area (Å²) in [4.78, 5) is 11.9. The quantitative estimate of drug-likeness (QED) is 0.752. The Balaban J connectivity index is 2.27. The predicted octanol–water partition coefficient (Wildman–Crippen LogP) is 5.18. The molecular formula is C13H6Cl3F2NO. The van der Waals surface area contributed by atoms with Crippen LogP contribution >= 0.6 is 34.8 Å². The Morgan fingerprint density at radius 2 is 1.55 bits per heavy atom. The number of hydrogen-bond acceptors (Lipinski definition) is 1. The van der Waals surface area contributed by atoms with Gasteiger partial charge in [0.25, 0.3) is 5.91 Å². The van der Waals surface area contributed by atoms with E-state index in [0.29, 0.717) is 0 Å². The third-order valence-corrected chi connectivity index (χ3v) is 3.47. The van der Waals surface area contributed by atoms with Gasteiger partial charge in [0.2, 0.25) is 0 Å². The second-order valence-corrected chi connectivity index (χ2v) is 5.05. The number of halogens is 5. The molecule has 0 bridgehead atoms. The summed E-state index contributed by atoms with van der Waals surface area (Å²) in [5, 5.41) is 3.06. The SMILES string of the molecule is O=C(Nc1cc(Cl)c(Cl)cc1Cl)c1ccc(F)c(F)c1. The Bertz CT molecular complexity index is 692. The number of nitrogens with one attached hydrogen (secondary N) is 1. The molecule has 104 valence electrons. The van der Waals surface area contributed by atoms with E-state index in [2.05, 4.69) is 5.32 Å². The Hall–Kier alpha value is -1.36. The van der Waals surface area contributed by atoms with Gasteiger partial charge in [-0.2, -0.15) is 0 Å². The fraction of sp³-hybridized carbons (Fsp3) is 0. The van der Waals surface area contributed by atoms with Gasteiger partial charge in [-0.1, -0.05) is 34.8 Å². The van der Waals surface area contributed by atoms with Crippen molar-refractivity contribution in [2.24, 2.45) is 0 Å².